The number of nitrogens with zero attached hydrogens (tertiary/aromatic N) is 1. The zero-order valence-corrected chi connectivity index (χ0v) is 16.0. The number of likely N-dealkylation sites (tertiary alicyclic amines) is 1. The molecule has 1 aliphatic heterocycles. The fourth-order valence-corrected chi connectivity index (χ4v) is 5.31. The summed E-state index contributed by atoms with van der Waals surface area (Å²) in [5.74, 6) is 0.943. The summed E-state index contributed by atoms with van der Waals surface area (Å²) in [7, 11) is 0. The van der Waals surface area contributed by atoms with E-state index in [1.165, 1.54) is 19.3 Å². The number of β-amino-alcohol motifs (C(OH)–C–C–N with tert-alkyl or cyclic N) is 1. The molecule has 1 aromatic carbocycles. The van der Waals surface area contributed by atoms with Crippen molar-refractivity contribution in [2.45, 2.75) is 55.2 Å². The Bertz CT molecular complexity index is 586. The summed E-state index contributed by atoms with van der Waals surface area (Å²) in [6.45, 7) is 1.12. The van der Waals surface area contributed by atoms with Crippen molar-refractivity contribution in [1.29, 1.82) is 0 Å². The molecule has 3 rings (SSSR count). The van der Waals surface area contributed by atoms with Crippen LogP contribution in [0.2, 0.25) is 0 Å². The standard InChI is InChI=1S/C20H30N2O3S/c21-17(13-26-16-8-2-1-3-9-16)19(23)12-22-11-15-7-5-4-6-14(15)10-18(22)20(24)25/h1-3,8-9,14-15,17-19,23H,4-7,10-13,21H2,(H,24,25)/t14-,15+,17-,18+,19?/m1/s1. The van der Waals surface area contributed by atoms with Gasteiger partial charge in [0.2, 0.25) is 0 Å². The van der Waals surface area contributed by atoms with Gasteiger partial charge in [-0.25, -0.2) is 0 Å². The van der Waals surface area contributed by atoms with Crippen LogP contribution in [0.15, 0.2) is 35.2 Å². The number of piperidine rings is 1. The lowest BCUT2D eigenvalue weighted by atomic mass is 9.73. The van der Waals surface area contributed by atoms with Gasteiger partial charge in [0.15, 0.2) is 0 Å². The minimum atomic E-state index is -0.770. The first-order valence-corrected chi connectivity index (χ1v) is 10.6. The molecule has 1 heterocycles. The number of hydrogen-bond donors (Lipinski definition) is 3. The van der Waals surface area contributed by atoms with E-state index in [1.807, 2.05) is 35.2 Å². The van der Waals surface area contributed by atoms with E-state index >= 15 is 0 Å². The normalized spacial score (nSPS) is 28.9. The Morgan fingerprint density at radius 3 is 2.62 bits per heavy atom. The van der Waals surface area contributed by atoms with Crippen LogP contribution in [0.5, 0.6) is 0 Å². The first kappa shape index (κ1) is 19.7. The van der Waals surface area contributed by atoms with Crippen molar-refractivity contribution < 1.29 is 15.0 Å². The van der Waals surface area contributed by atoms with E-state index in [0.717, 1.165) is 17.9 Å². The minimum Gasteiger partial charge on any atom is -0.480 e. The number of benzene rings is 1. The van der Waals surface area contributed by atoms with Crippen LogP contribution in [0, 0.1) is 11.8 Å². The highest BCUT2D eigenvalue weighted by Crippen LogP contribution is 2.38. The number of carboxylic acids is 1. The topological polar surface area (TPSA) is 86.8 Å². The summed E-state index contributed by atoms with van der Waals surface area (Å²) in [5, 5.41) is 20.2. The van der Waals surface area contributed by atoms with E-state index in [0.29, 0.717) is 30.6 Å². The number of carbonyl (C=O) groups is 1. The highest BCUT2D eigenvalue weighted by molar-refractivity contribution is 7.99. The third-order valence-electron chi connectivity index (χ3n) is 5.89. The maximum Gasteiger partial charge on any atom is 0.320 e. The molecule has 1 aliphatic carbocycles. The van der Waals surface area contributed by atoms with Gasteiger partial charge in [0, 0.05) is 29.8 Å². The van der Waals surface area contributed by atoms with Crippen molar-refractivity contribution in [2.75, 3.05) is 18.8 Å². The quantitative estimate of drug-likeness (QED) is 0.632. The number of aliphatic hydroxyl groups excluding tert-OH is 1. The molecule has 4 N–H and O–H groups in total. The second kappa shape index (κ2) is 9.22. The number of carboxylic acid groups (broad SMARTS) is 1. The number of thioether (sulfide) groups is 1. The molecule has 5 nitrogen and oxygen atoms in total. The van der Waals surface area contributed by atoms with Gasteiger partial charge in [-0.2, -0.15) is 0 Å². The van der Waals surface area contributed by atoms with Crippen LogP contribution < -0.4 is 5.73 Å². The van der Waals surface area contributed by atoms with Crippen LogP contribution in [0.25, 0.3) is 0 Å². The van der Waals surface area contributed by atoms with E-state index in [2.05, 4.69) is 0 Å². The molecule has 1 unspecified atom stereocenters. The molecule has 26 heavy (non-hydrogen) atoms. The third kappa shape index (κ3) is 5.00. The van der Waals surface area contributed by atoms with Gasteiger partial charge in [-0.1, -0.05) is 37.5 Å². The van der Waals surface area contributed by atoms with Crippen molar-refractivity contribution >= 4 is 17.7 Å². The molecule has 144 valence electrons. The van der Waals surface area contributed by atoms with Gasteiger partial charge in [0.05, 0.1) is 6.10 Å². The fraction of sp³-hybridized carbons (Fsp3) is 0.650. The highest BCUT2D eigenvalue weighted by atomic mass is 32.2. The van der Waals surface area contributed by atoms with Crippen molar-refractivity contribution in [2.24, 2.45) is 17.6 Å². The Labute approximate surface area is 160 Å². The van der Waals surface area contributed by atoms with Gasteiger partial charge >= 0.3 is 5.97 Å². The largest absolute Gasteiger partial charge is 0.480 e. The molecule has 2 aliphatic rings. The number of rotatable bonds is 7. The number of hydrogen-bond acceptors (Lipinski definition) is 5. The summed E-state index contributed by atoms with van der Waals surface area (Å²) in [6.07, 6.45) is 4.78. The summed E-state index contributed by atoms with van der Waals surface area (Å²) in [4.78, 5) is 14.8. The molecule has 0 aromatic heterocycles. The molecular weight excluding hydrogens is 348 g/mol. The van der Waals surface area contributed by atoms with Gasteiger partial charge in [-0.15, -0.1) is 11.8 Å². The smallest absolute Gasteiger partial charge is 0.320 e. The van der Waals surface area contributed by atoms with E-state index in [1.54, 1.807) is 11.8 Å². The van der Waals surface area contributed by atoms with Crippen LogP contribution in [-0.2, 0) is 4.79 Å². The van der Waals surface area contributed by atoms with Crippen LogP contribution >= 0.6 is 11.8 Å². The molecule has 6 heteroatoms. The Balaban J connectivity index is 1.55. The van der Waals surface area contributed by atoms with Gasteiger partial charge in [-0.3, -0.25) is 9.69 Å². The molecule has 1 aromatic rings. The van der Waals surface area contributed by atoms with E-state index in [-0.39, 0.29) is 6.04 Å². The van der Waals surface area contributed by atoms with Gasteiger partial charge in [-0.05, 0) is 36.8 Å². The number of aliphatic hydroxyl groups is 1. The van der Waals surface area contributed by atoms with Crippen molar-refractivity contribution in [3.63, 3.8) is 0 Å². The Morgan fingerprint density at radius 2 is 1.92 bits per heavy atom. The lowest BCUT2D eigenvalue weighted by Crippen LogP contribution is -2.56. The predicted molar refractivity (Wildman–Crippen MR) is 104 cm³/mol. The van der Waals surface area contributed by atoms with Gasteiger partial charge < -0.3 is 15.9 Å². The lowest BCUT2D eigenvalue weighted by molar-refractivity contribution is -0.148. The number of aliphatic carboxylic acids is 1. The summed E-state index contributed by atoms with van der Waals surface area (Å²) >= 11 is 1.62. The Morgan fingerprint density at radius 1 is 1.23 bits per heavy atom. The first-order chi connectivity index (χ1) is 12.5. The van der Waals surface area contributed by atoms with Crippen LogP contribution in [0.4, 0.5) is 0 Å². The highest BCUT2D eigenvalue weighted by Gasteiger charge is 2.40. The van der Waals surface area contributed by atoms with Crippen molar-refractivity contribution in [3.05, 3.63) is 30.3 Å². The molecule has 1 saturated carbocycles. The minimum absolute atomic E-state index is 0.344. The SMILES string of the molecule is N[C@H](CSc1ccccc1)C(O)CN1C[C@@H]2CCCC[C@@H]2C[C@H]1C(=O)O. The Hall–Kier alpha value is -1.08. The average Bonchev–Trinajstić information content (AvgIpc) is 2.66. The van der Waals surface area contributed by atoms with Gasteiger partial charge in [0.25, 0.3) is 0 Å². The lowest BCUT2D eigenvalue weighted by Gasteiger charge is -2.45. The predicted octanol–water partition coefficient (Wildman–Crippen LogP) is 2.43. The molecular formula is C20H30N2O3S. The molecule has 1 saturated heterocycles. The fourth-order valence-electron chi connectivity index (χ4n) is 4.35. The van der Waals surface area contributed by atoms with E-state index < -0.39 is 18.1 Å². The summed E-state index contributed by atoms with van der Waals surface area (Å²) in [5.41, 5.74) is 6.19. The number of nitrogens with two attached hydrogens (primary N) is 1. The van der Waals surface area contributed by atoms with Crippen LogP contribution in [-0.4, -0.2) is 58.1 Å². The van der Waals surface area contributed by atoms with Gasteiger partial charge in [0.1, 0.15) is 6.04 Å². The second-order valence-corrected chi connectivity index (χ2v) is 8.80. The first-order valence-electron chi connectivity index (χ1n) is 9.63. The summed E-state index contributed by atoms with van der Waals surface area (Å²) < 4.78 is 0. The van der Waals surface area contributed by atoms with Crippen molar-refractivity contribution in [3.8, 4) is 0 Å². The molecule has 0 radical (unpaired) electrons. The zero-order chi connectivity index (χ0) is 18.5. The zero-order valence-electron chi connectivity index (χ0n) is 15.2. The number of fused-ring (bicyclic) bond motifs is 1. The molecule has 0 amide bonds. The Kier molecular flexibility index (Phi) is 6.98. The molecule has 0 spiro atoms. The maximum atomic E-state index is 11.7. The molecule has 2 fully saturated rings. The van der Waals surface area contributed by atoms with E-state index in [4.69, 9.17) is 5.73 Å². The van der Waals surface area contributed by atoms with Crippen LogP contribution in [0.3, 0.4) is 0 Å². The molecule has 0 bridgehead atoms. The average molecular weight is 379 g/mol. The van der Waals surface area contributed by atoms with E-state index in [9.17, 15) is 15.0 Å². The molecule has 5 atom stereocenters. The second-order valence-electron chi connectivity index (χ2n) is 7.70. The monoisotopic (exact) mass is 378 g/mol. The van der Waals surface area contributed by atoms with Crippen molar-refractivity contribution in [1.82, 2.24) is 4.90 Å². The van der Waals surface area contributed by atoms with Crippen LogP contribution in [0.1, 0.15) is 32.1 Å². The maximum absolute atomic E-state index is 11.7. The summed E-state index contributed by atoms with van der Waals surface area (Å²) in [6, 6.07) is 9.12. The third-order valence-corrected chi connectivity index (χ3v) is 7.05.